The zero-order valence-electron chi connectivity index (χ0n) is 41.8. The molecule has 18 heteroatoms. The van der Waals surface area contributed by atoms with Crippen LogP contribution in [0.25, 0.3) is 0 Å². The Bertz CT molecular complexity index is 3170. The lowest BCUT2D eigenvalue weighted by Gasteiger charge is -2.48. The van der Waals surface area contributed by atoms with E-state index in [4.69, 9.17) is 47.4 Å². The van der Waals surface area contributed by atoms with Crippen LogP contribution < -0.4 is 0 Å². The van der Waals surface area contributed by atoms with E-state index in [0.717, 1.165) is 0 Å². The molecule has 2 heterocycles. The van der Waals surface area contributed by atoms with Crippen molar-refractivity contribution in [3.8, 4) is 0 Å². The van der Waals surface area contributed by atoms with Crippen molar-refractivity contribution in [1.29, 1.82) is 0 Å². The molecule has 2 aliphatic rings. The van der Waals surface area contributed by atoms with Crippen LogP contribution in [0.2, 0.25) is 0 Å². The van der Waals surface area contributed by atoms with Crippen molar-refractivity contribution in [3.63, 3.8) is 0 Å². The molecule has 79 heavy (non-hydrogen) atoms. The van der Waals surface area contributed by atoms with Crippen LogP contribution in [0.15, 0.2) is 212 Å². The summed E-state index contributed by atoms with van der Waals surface area (Å²) in [5.74, 6) is -6.72. The SMILES string of the molecule is O=C(OC[C@H]1O[C@@H](O[C@H]2[C@H](OC(=O)c3ccccc3)[C@H](OC(=O)c3ccccc3)[C@@H](O)O[C@@H]2COC(=O)c2ccccc2)[C@H](OC(=O)c2ccccc2)[C@H](OC(=O)c2ccccc2)[C@H]1OC(=O)c1ccccc1)c1ccccc1. The molecular formula is C61H50O18. The minimum absolute atomic E-state index is 0.00210. The molecule has 7 aromatic carbocycles. The second-order valence-corrected chi connectivity index (χ2v) is 17.8. The first-order valence-electron chi connectivity index (χ1n) is 24.9. The van der Waals surface area contributed by atoms with Crippen LogP contribution in [-0.2, 0) is 47.4 Å². The Morgan fingerprint density at radius 1 is 0.304 bits per heavy atom. The van der Waals surface area contributed by atoms with E-state index in [9.17, 15) is 38.7 Å². The molecule has 0 bridgehead atoms. The lowest BCUT2D eigenvalue weighted by Crippen LogP contribution is -2.67. The highest BCUT2D eigenvalue weighted by molar-refractivity contribution is 5.93. The number of carbonyl (C=O) groups is 7. The molecule has 2 aliphatic heterocycles. The molecule has 402 valence electrons. The molecule has 2 saturated heterocycles. The third-order valence-electron chi connectivity index (χ3n) is 12.5. The van der Waals surface area contributed by atoms with Crippen LogP contribution in [0, 0.1) is 0 Å². The molecule has 2 fully saturated rings. The maximum Gasteiger partial charge on any atom is 0.338 e. The van der Waals surface area contributed by atoms with Crippen molar-refractivity contribution < 1.29 is 86.0 Å². The average Bonchev–Trinajstić information content (AvgIpc) is 3.60. The van der Waals surface area contributed by atoms with E-state index < -0.39 is 116 Å². The summed E-state index contributed by atoms with van der Waals surface area (Å²) in [6, 6.07) is 54.1. The predicted molar refractivity (Wildman–Crippen MR) is 276 cm³/mol. The van der Waals surface area contributed by atoms with Gasteiger partial charge in [-0.1, -0.05) is 127 Å². The highest BCUT2D eigenvalue weighted by Crippen LogP contribution is 2.36. The van der Waals surface area contributed by atoms with Crippen LogP contribution in [0.1, 0.15) is 72.5 Å². The maximum absolute atomic E-state index is 14.5. The Kier molecular flexibility index (Phi) is 18.0. The third-order valence-corrected chi connectivity index (χ3v) is 12.5. The smallest absolute Gasteiger partial charge is 0.338 e. The molecule has 18 nitrogen and oxygen atoms in total. The Labute approximate surface area is 452 Å². The predicted octanol–water partition coefficient (Wildman–Crippen LogP) is 7.66. The van der Waals surface area contributed by atoms with Gasteiger partial charge in [0.1, 0.15) is 31.5 Å². The lowest BCUT2D eigenvalue weighted by atomic mass is 9.95. The molecular weight excluding hydrogens is 1020 g/mol. The summed E-state index contributed by atoms with van der Waals surface area (Å²) in [7, 11) is 0. The first-order chi connectivity index (χ1) is 38.5. The summed E-state index contributed by atoms with van der Waals surface area (Å²) in [4.78, 5) is 98.6. The van der Waals surface area contributed by atoms with Gasteiger partial charge >= 0.3 is 41.8 Å². The normalized spacial score (nSPS) is 22.4. The summed E-state index contributed by atoms with van der Waals surface area (Å²) in [6.45, 7) is -1.50. The van der Waals surface area contributed by atoms with Crippen molar-refractivity contribution >= 4 is 41.8 Å². The van der Waals surface area contributed by atoms with Gasteiger partial charge in [-0.2, -0.15) is 0 Å². The summed E-state index contributed by atoms with van der Waals surface area (Å²) in [6.07, 6.45) is -19.0. The molecule has 7 aromatic rings. The molecule has 0 amide bonds. The number of aliphatic hydroxyl groups excluding tert-OH is 1. The summed E-state index contributed by atoms with van der Waals surface area (Å²) >= 11 is 0. The minimum atomic E-state index is -2.12. The van der Waals surface area contributed by atoms with Gasteiger partial charge < -0.3 is 52.5 Å². The van der Waals surface area contributed by atoms with Gasteiger partial charge in [0.15, 0.2) is 43.1 Å². The minimum Gasteiger partial charge on any atom is -0.459 e. The van der Waals surface area contributed by atoms with E-state index in [1.807, 2.05) is 0 Å². The number of benzene rings is 7. The number of carbonyl (C=O) groups excluding carboxylic acids is 7. The zero-order valence-corrected chi connectivity index (χ0v) is 41.8. The fraction of sp³-hybridized carbons (Fsp3) is 0.197. The highest BCUT2D eigenvalue weighted by atomic mass is 16.8. The van der Waals surface area contributed by atoms with Crippen molar-refractivity contribution in [2.45, 2.75) is 61.4 Å². The number of ether oxygens (including phenoxy) is 10. The zero-order chi connectivity index (χ0) is 55.1. The van der Waals surface area contributed by atoms with Crippen molar-refractivity contribution in [2.75, 3.05) is 13.2 Å². The monoisotopic (exact) mass is 1070 g/mol. The van der Waals surface area contributed by atoms with Crippen LogP contribution in [0.4, 0.5) is 0 Å². The van der Waals surface area contributed by atoms with Crippen molar-refractivity contribution in [2.24, 2.45) is 0 Å². The number of aliphatic hydroxyl groups is 1. The molecule has 0 saturated carbocycles. The molecule has 0 unspecified atom stereocenters. The molecule has 0 aromatic heterocycles. The fourth-order valence-corrected chi connectivity index (χ4v) is 8.59. The maximum atomic E-state index is 14.5. The standard InChI is InChI=1S/C61H50O18/c62-53(38-22-8-1-9-23-38)70-36-45-48(49(75-56(65)41-28-14-4-15-29-41)51(60(69)72-45)77-58(67)43-32-18-6-19-33-43)79-61-52(78-59(68)44-34-20-7-21-35-44)50(76-57(66)42-30-16-5-17-31-42)47(74-55(64)40-26-12-3-13-27-40)46(73-61)37-71-54(63)39-24-10-2-11-25-39/h1-35,45-52,60-61,69H,36-37H2/t45-,46-,47+,48-,49+,50-,51+,52-,60+,61+/m1/s1. The molecule has 1 N–H and O–H groups in total. The topological polar surface area (TPSA) is 232 Å². The Morgan fingerprint density at radius 3 is 0.886 bits per heavy atom. The lowest BCUT2D eigenvalue weighted by molar-refractivity contribution is -0.352. The summed E-state index contributed by atoms with van der Waals surface area (Å²) in [5, 5.41) is 11.9. The van der Waals surface area contributed by atoms with Gasteiger partial charge in [0.2, 0.25) is 0 Å². The van der Waals surface area contributed by atoms with Gasteiger partial charge in [-0.25, -0.2) is 33.6 Å². The second kappa shape index (κ2) is 26.1. The highest BCUT2D eigenvalue weighted by Gasteiger charge is 2.58. The molecule has 0 spiro atoms. The quantitative estimate of drug-likeness (QED) is 0.0642. The van der Waals surface area contributed by atoms with E-state index >= 15 is 0 Å². The average molecular weight is 1070 g/mol. The fourth-order valence-electron chi connectivity index (χ4n) is 8.59. The number of hydrogen-bond donors (Lipinski definition) is 1. The third kappa shape index (κ3) is 13.8. The number of esters is 7. The Morgan fingerprint density at radius 2 is 0.557 bits per heavy atom. The first kappa shape index (κ1) is 54.5. The second-order valence-electron chi connectivity index (χ2n) is 17.8. The Balaban J connectivity index is 1.18. The number of hydrogen-bond acceptors (Lipinski definition) is 18. The summed E-state index contributed by atoms with van der Waals surface area (Å²) < 4.78 is 62.0. The van der Waals surface area contributed by atoms with E-state index in [2.05, 4.69) is 0 Å². The van der Waals surface area contributed by atoms with E-state index in [1.54, 1.807) is 127 Å². The van der Waals surface area contributed by atoms with Gasteiger partial charge in [0, 0.05) is 0 Å². The number of rotatable bonds is 18. The van der Waals surface area contributed by atoms with E-state index in [1.165, 1.54) is 84.9 Å². The van der Waals surface area contributed by atoms with Crippen LogP contribution in [0.3, 0.4) is 0 Å². The van der Waals surface area contributed by atoms with E-state index in [0.29, 0.717) is 0 Å². The van der Waals surface area contributed by atoms with Crippen molar-refractivity contribution in [1.82, 2.24) is 0 Å². The van der Waals surface area contributed by atoms with Crippen LogP contribution in [0.5, 0.6) is 0 Å². The van der Waals surface area contributed by atoms with Crippen LogP contribution in [-0.4, -0.2) is 122 Å². The van der Waals surface area contributed by atoms with Gasteiger partial charge in [-0.3, -0.25) is 0 Å². The molecule has 9 rings (SSSR count). The molecule has 0 aliphatic carbocycles. The van der Waals surface area contributed by atoms with Gasteiger partial charge in [0.25, 0.3) is 0 Å². The van der Waals surface area contributed by atoms with Crippen molar-refractivity contribution in [3.05, 3.63) is 251 Å². The Hall–Kier alpha value is -9.33. The summed E-state index contributed by atoms with van der Waals surface area (Å²) in [5.41, 5.74) is 0.298. The molecule has 0 radical (unpaired) electrons. The van der Waals surface area contributed by atoms with Gasteiger partial charge in [-0.15, -0.1) is 0 Å². The molecule has 10 atom stereocenters. The van der Waals surface area contributed by atoms with E-state index in [-0.39, 0.29) is 38.9 Å². The largest absolute Gasteiger partial charge is 0.459 e. The van der Waals surface area contributed by atoms with Gasteiger partial charge in [-0.05, 0) is 84.9 Å². The van der Waals surface area contributed by atoms with Crippen LogP contribution >= 0.6 is 0 Å². The first-order valence-corrected chi connectivity index (χ1v) is 24.9. The van der Waals surface area contributed by atoms with Gasteiger partial charge in [0.05, 0.1) is 38.9 Å².